The summed E-state index contributed by atoms with van der Waals surface area (Å²) >= 11 is 0. The number of hydrogen-bond acceptors (Lipinski definition) is 3. The summed E-state index contributed by atoms with van der Waals surface area (Å²) in [6.07, 6.45) is 1.82. The van der Waals surface area contributed by atoms with Gasteiger partial charge in [-0.1, -0.05) is 30.3 Å². The molecule has 1 fully saturated rings. The third-order valence-electron chi connectivity index (χ3n) is 4.20. The van der Waals surface area contributed by atoms with Gasteiger partial charge in [0.25, 0.3) is 5.91 Å². The van der Waals surface area contributed by atoms with E-state index in [1.807, 2.05) is 60.3 Å². The van der Waals surface area contributed by atoms with E-state index in [9.17, 15) is 14.4 Å². The summed E-state index contributed by atoms with van der Waals surface area (Å²) in [5, 5.41) is 5.35. The fraction of sp³-hybridized carbons (Fsp3) is 0.278. The molecule has 0 unspecified atom stereocenters. The molecule has 7 nitrogen and oxygen atoms in total. The van der Waals surface area contributed by atoms with Crippen molar-refractivity contribution in [3.05, 3.63) is 59.9 Å². The van der Waals surface area contributed by atoms with E-state index in [0.717, 1.165) is 16.2 Å². The second-order valence-corrected chi connectivity index (χ2v) is 6.00. The van der Waals surface area contributed by atoms with Crippen LogP contribution in [0.15, 0.2) is 48.7 Å². The van der Waals surface area contributed by atoms with E-state index in [-0.39, 0.29) is 24.8 Å². The molecule has 1 aromatic carbocycles. The minimum atomic E-state index is -0.815. The molecule has 3 rings (SSSR count). The number of urea groups is 1. The van der Waals surface area contributed by atoms with Crippen LogP contribution in [0.4, 0.5) is 4.79 Å². The molecule has 2 aromatic rings. The van der Waals surface area contributed by atoms with E-state index in [0.29, 0.717) is 6.54 Å². The average molecular weight is 340 g/mol. The lowest BCUT2D eigenvalue weighted by Crippen LogP contribution is -2.36. The van der Waals surface area contributed by atoms with Gasteiger partial charge in [0.2, 0.25) is 5.91 Å². The summed E-state index contributed by atoms with van der Waals surface area (Å²) in [6.45, 7) is 0.581. The quantitative estimate of drug-likeness (QED) is 0.774. The maximum atomic E-state index is 12.4. The van der Waals surface area contributed by atoms with Gasteiger partial charge in [-0.15, -0.1) is 0 Å². The number of carbonyl (C=O) groups excluding carboxylic acids is 3. The number of aromatic nitrogens is 1. The summed E-state index contributed by atoms with van der Waals surface area (Å²) in [6, 6.07) is 11.8. The van der Waals surface area contributed by atoms with Gasteiger partial charge in [-0.2, -0.15) is 0 Å². The van der Waals surface area contributed by atoms with E-state index < -0.39 is 12.1 Å². The molecule has 0 bridgehead atoms. The summed E-state index contributed by atoms with van der Waals surface area (Å²) in [4.78, 5) is 37.7. The van der Waals surface area contributed by atoms with Crippen molar-refractivity contribution in [2.24, 2.45) is 7.05 Å². The molecule has 130 valence electrons. The number of carbonyl (C=O) groups is 3. The molecule has 0 aliphatic carbocycles. The predicted molar refractivity (Wildman–Crippen MR) is 91.2 cm³/mol. The lowest BCUT2D eigenvalue weighted by molar-refractivity contribution is -0.131. The molecule has 1 aliphatic rings. The van der Waals surface area contributed by atoms with Crippen LogP contribution >= 0.6 is 0 Å². The maximum Gasteiger partial charge on any atom is 0.325 e. The molecule has 1 aromatic heterocycles. The number of nitrogens with one attached hydrogen (secondary N) is 2. The molecular weight excluding hydrogens is 320 g/mol. The van der Waals surface area contributed by atoms with Crippen LogP contribution in [0.1, 0.15) is 17.7 Å². The zero-order chi connectivity index (χ0) is 17.8. The third-order valence-corrected chi connectivity index (χ3v) is 4.20. The summed E-state index contributed by atoms with van der Waals surface area (Å²) < 4.78 is 1.91. The molecule has 0 radical (unpaired) electrons. The van der Waals surface area contributed by atoms with Crippen molar-refractivity contribution in [3.63, 3.8) is 0 Å². The largest absolute Gasteiger partial charge is 0.353 e. The van der Waals surface area contributed by atoms with Gasteiger partial charge in [-0.25, -0.2) is 4.79 Å². The number of aryl methyl sites for hydroxylation is 1. The Morgan fingerprint density at radius 3 is 2.60 bits per heavy atom. The van der Waals surface area contributed by atoms with Crippen LogP contribution in [-0.4, -0.2) is 33.4 Å². The topological polar surface area (TPSA) is 83.4 Å². The van der Waals surface area contributed by atoms with Crippen LogP contribution in [0.2, 0.25) is 0 Å². The number of nitrogens with zero attached hydrogens (tertiary/aromatic N) is 2. The zero-order valence-electron chi connectivity index (χ0n) is 13.9. The van der Waals surface area contributed by atoms with Crippen LogP contribution in [0.5, 0.6) is 0 Å². The van der Waals surface area contributed by atoms with Crippen LogP contribution in [0, 0.1) is 0 Å². The molecule has 0 spiro atoms. The summed E-state index contributed by atoms with van der Waals surface area (Å²) in [5.41, 5.74) is 1.82. The highest BCUT2D eigenvalue weighted by Crippen LogP contribution is 2.14. The van der Waals surface area contributed by atoms with Gasteiger partial charge in [0, 0.05) is 18.9 Å². The number of imide groups is 1. The van der Waals surface area contributed by atoms with Crippen molar-refractivity contribution < 1.29 is 14.4 Å². The van der Waals surface area contributed by atoms with Gasteiger partial charge in [0.15, 0.2) is 0 Å². The van der Waals surface area contributed by atoms with Crippen molar-refractivity contribution in [2.75, 3.05) is 0 Å². The van der Waals surface area contributed by atoms with Crippen LogP contribution in [0.3, 0.4) is 0 Å². The molecule has 2 N–H and O–H groups in total. The second kappa shape index (κ2) is 7.21. The molecule has 1 atom stereocenters. The minimum absolute atomic E-state index is 0.0692. The number of rotatable bonds is 6. The highest BCUT2D eigenvalue weighted by Gasteiger charge is 2.38. The highest BCUT2D eigenvalue weighted by molar-refractivity contribution is 6.05. The van der Waals surface area contributed by atoms with Gasteiger partial charge in [-0.05, 0) is 17.7 Å². The molecular formula is C18H20N4O3. The number of amides is 4. The first-order valence-corrected chi connectivity index (χ1v) is 8.07. The Hall–Kier alpha value is -3.09. The van der Waals surface area contributed by atoms with Crippen molar-refractivity contribution >= 4 is 17.8 Å². The minimum Gasteiger partial charge on any atom is -0.353 e. The lowest BCUT2D eigenvalue weighted by atomic mass is 10.1. The number of benzene rings is 1. The van der Waals surface area contributed by atoms with Crippen LogP contribution < -0.4 is 10.6 Å². The summed E-state index contributed by atoms with van der Waals surface area (Å²) in [5.74, 6) is -0.649. The van der Waals surface area contributed by atoms with E-state index >= 15 is 0 Å². The van der Waals surface area contributed by atoms with E-state index in [2.05, 4.69) is 10.6 Å². The molecule has 2 heterocycles. The Labute approximate surface area is 145 Å². The van der Waals surface area contributed by atoms with E-state index in [1.165, 1.54) is 0 Å². The molecule has 4 amide bonds. The third kappa shape index (κ3) is 3.88. The Kier molecular flexibility index (Phi) is 4.83. The maximum absolute atomic E-state index is 12.4. The average Bonchev–Trinajstić information content (AvgIpc) is 3.12. The monoisotopic (exact) mass is 340 g/mol. The fourth-order valence-electron chi connectivity index (χ4n) is 2.76. The smallest absolute Gasteiger partial charge is 0.325 e. The Morgan fingerprint density at radius 1 is 1.16 bits per heavy atom. The van der Waals surface area contributed by atoms with Gasteiger partial charge in [0.05, 0.1) is 19.5 Å². The zero-order valence-corrected chi connectivity index (χ0v) is 13.9. The van der Waals surface area contributed by atoms with Crippen molar-refractivity contribution in [1.29, 1.82) is 0 Å². The molecule has 1 saturated heterocycles. The molecule has 25 heavy (non-hydrogen) atoms. The van der Waals surface area contributed by atoms with Crippen molar-refractivity contribution in [1.82, 2.24) is 20.1 Å². The standard InChI is InChI=1S/C18H20N4O3/c1-21-9-5-8-14(21)11-19-16(23)10-15-17(24)22(18(25)20-15)12-13-6-3-2-4-7-13/h2-9,15H,10-12H2,1H3,(H,19,23)(H,20,25)/t15-/m1/s1. The first-order chi connectivity index (χ1) is 12.0. The first kappa shape index (κ1) is 16.8. The highest BCUT2D eigenvalue weighted by atomic mass is 16.2. The van der Waals surface area contributed by atoms with Gasteiger partial charge < -0.3 is 15.2 Å². The van der Waals surface area contributed by atoms with Crippen molar-refractivity contribution in [2.45, 2.75) is 25.6 Å². The second-order valence-electron chi connectivity index (χ2n) is 6.00. The summed E-state index contributed by atoms with van der Waals surface area (Å²) in [7, 11) is 1.89. The van der Waals surface area contributed by atoms with Crippen LogP contribution in [-0.2, 0) is 29.7 Å². The van der Waals surface area contributed by atoms with Gasteiger partial charge in [-0.3, -0.25) is 14.5 Å². The normalized spacial score (nSPS) is 16.8. The molecule has 7 heteroatoms. The SMILES string of the molecule is Cn1cccc1CNC(=O)C[C@H]1NC(=O)N(Cc2ccccc2)C1=O. The molecule has 1 aliphatic heterocycles. The van der Waals surface area contributed by atoms with E-state index in [4.69, 9.17) is 0 Å². The van der Waals surface area contributed by atoms with Crippen LogP contribution in [0.25, 0.3) is 0 Å². The van der Waals surface area contributed by atoms with Gasteiger partial charge in [0.1, 0.15) is 6.04 Å². The van der Waals surface area contributed by atoms with Crippen molar-refractivity contribution in [3.8, 4) is 0 Å². The van der Waals surface area contributed by atoms with E-state index in [1.54, 1.807) is 0 Å². The predicted octanol–water partition coefficient (Wildman–Crippen LogP) is 1.15. The Bertz CT molecular complexity index is 785. The van der Waals surface area contributed by atoms with Gasteiger partial charge >= 0.3 is 6.03 Å². The Morgan fingerprint density at radius 2 is 1.92 bits per heavy atom. The lowest BCUT2D eigenvalue weighted by Gasteiger charge is -2.13. The fourth-order valence-corrected chi connectivity index (χ4v) is 2.76. The molecule has 0 saturated carbocycles. The Balaban J connectivity index is 1.54. The first-order valence-electron chi connectivity index (χ1n) is 8.07. The number of hydrogen-bond donors (Lipinski definition) is 2.